The predicted octanol–water partition coefficient (Wildman–Crippen LogP) is 2.69. The number of aliphatic imine (C=N–C) groups is 1. The summed E-state index contributed by atoms with van der Waals surface area (Å²) in [6.07, 6.45) is 4.16. The molecule has 0 aliphatic carbocycles. The molecule has 1 aromatic carbocycles. The number of fused-ring (bicyclic) bond motifs is 3. The molecule has 3 aromatic rings. The molecule has 10 heteroatoms. The second-order valence-electron chi connectivity index (χ2n) is 9.00. The van der Waals surface area contributed by atoms with Gasteiger partial charge in [0.25, 0.3) is 0 Å². The maximum Gasteiger partial charge on any atom is 0.168 e. The molecular weight excluding hydrogens is 445 g/mol. The van der Waals surface area contributed by atoms with Gasteiger partial charge >= 0.3 is 0 Å². The number of halogens is 1. The highest BCUT2D eigenvalue weighted by atomic mass is 32.2. The number of nitrogens with zero attached hydrogens (tertiary/aromatic N) is 4. The highest BCUT2D eigenvalue weighted by Crippen LogP contribution is 2.51. The first-order chi connectivity index (χ1) is 15.6. The van der Waals surface area contributed by atoms with Crippen LogP contribution in [-0.4, -0.2) is 46.3 Å². The summed E-state index contributed by atoms with van der Waals surface area (Å²) in [5, 5.41) is -0.832. The van der Waals surface area contributed by atoms with Gasteiger partial charge in [-0.05, 0) is 38.3 Å². The summed E-state index contributed by atoms with van der Waals surface area (Å²) in [5.41, 5.74) is 7.73. The van der Waals surface area contributed by atoms with Gasteiger partial charge in [-0.15, -0.1) is 0 Å². The topological polar surface area (TPSA) is 120 Å². The molecule has 1 fully saturated rings. The van der Waals surface area contributed by atoms with Crippen molar-refractivity contribution in [2.24, 2.45) is 10.7 Å². The van der Waals surface area contributed by atoms with Crippen molar-refractivity contribution in [3.8, 4) is 5.75 Å². The van der Waals surface area contributed by atoms with E-state index in [0.29, 0.717) is 41.7 Å². The molecule has 2 bridgehead atoms. The molecular formula is C23H24FN5O3S. The number of hydrogen-bond acceptors (Lipinski definition) is 8. The number of ether oxygens (including phenoxy) is 1. The molecule has 0 amide bonds. The van der Waals surface area contributed by atoms with Crippen LogP contribution in [0.4, 0.5) is 4.39 Å². The van der Waals surface area contributed by atoms with Crippen LogP contribution >= 0.6 is 0 Å². The lowest BCUT2D eigenvalue weighted by Gasteiger charge is -2.39. The summed E-state index contributed by atoms with van der Waals surface area (Å²) in [6, 6.07) is 6.44. The molecule has 0 radical (unpaired) electrons. The number of rotatable bonds is 4. The maximum absolute atomic E-state index is 15.1. The average Bonchev–Trinajstić information content (AvgIpc) is 2.97. The lowest BCUT2D eigenvalue weighted by molar-refractivity contribution is 0.413. The molecule has 2 N–H and O–H groups in total. The summed E-state index contributed by atoms with van der Waals surface area (Å²) < 4.78 is 45.7. The van der Waals surface area contributed by atoms with Crippen molar-refractivity contribution < 1.29 is 17.5 Å². The molecule has 0 spiro atoms. The highest BCUT2D eigenvalue weighted by Gasteiger charge is 2.63. The molecule has 2 aliphatic rings. The largest absolute Gasteiger partial charge is 0.495 e. The van der Waals surface area contributed by atoms with E-state index < -0.39 is 31.2 Å². The monoisotopic (exact) mass is 469 g/mol. The summed E-state index contributed by atoms with van der Waals surface area (Å²) in [4.78, 5) is 17.6. The second-order valence-corrected chi connectivity index (χ2v) is 11.6. The van der Waals surface area contributed by atoms with Gasteiger partial charge in [0.05, 0.1) is 29.8 Å². The Morgan fingerprint density at radius 3 is 2.76 bits per heavy atom. The van der Waals surface area contributed by atoms with Gasteiger partial charge in [0.2, 0.25) is 0 Å². The number of hydrogen-bond donors (Lipinski definition) is 1. The van der Waals surface area contributed by atoms with Gasteiger partial charge < -0.3 is 10.5 Å². The summed E-state index contributed by atoms with van der Waals surface area (Å²) in [7, 11) is -2.07. The Bertz CT molecular complexity index is 1430. The lowest BCUT2D eigenvalue weighted by Crippen LogP contribution is -2.55. The van der Waals surface area contributed by atoms with E-state index in [1.807, 2.05) is 0 Å². The minimum atomic E-state index is -3.62. The lowest BCUT2D eigenvalue weighted by atomic mass is 9.85. The van der Waals surface area contributed by atoms with Crippen molar-refractivity contribution >= 4 is 26.7 Å². The third-order valence-corrected chi connectivity index (χ3v) is 10.2. The van der Waals surface area contributed by atoms with Gasteiger partial charge in [-0.2, -0.15) is 0 Å². The first-order valence-corrected chi connectivity index (χ1v) is 12.2. The molecule has 8 nitrogen and oxygen atoms in total. The van der Waals surface area contributed by atoms with Crippen LogP contribution in [0.2, 0.25) is 0 Å². The highest BCUT2D eigenvalue weighted by molar-refractivity contribution is 7.94. The molecule has 0 saturated carbocycles. The van der Waals surface area contributed by atoms with Crippen molar-refractivity contribution in [1.29, 1.82) is 0 Å². The molecule has 1 saturated heterocycles. The number of pyridine rings is 1. The van der Waals surface area contributed by atoms with Crippen LogP contribution in [0.25, 0.3) is 11.0 Å². The van der Waals surface area contributed by atoms with Gasteiger partial charge in [-0.1, -0.05) is 12.1 Å². The third kappa shape index (κ3) is 3.03. The predicted molar refractivity (Wildman–Crippen MR) is 122 cm³/mol. The van der Waals surface area contributed by atoms with E-state index in [4.69, 9.17) is 10.5 Å². The normalized spacial score (nSPS) is 28.0. The first-order valence-electron chi connectivity index (χ1n) is 10.6. The molecule has 2 aliphatic heterocycles. The Balaban J connectivity index is 1.59. The van der Waals surface area contributed by atoms with Crippen LogP contribution in [0.5, 0.6) is 5.75 Å². The number of nitrogens with two attached hydrogens (primary N) is 1. The third-order valence-electron chi connectivity index (χ3n) is 7.12. The number of amidine groups is 1. The molecule has 2 aromatic heterocycles. The molecule has 3 atom stereocenters. The first kappa shape index (κ1) is 21.7. The minimum absolute atomic E-state index is 0.0449. The van der Waals surface area contributed by atoms with Gasteiger partial charge in [-0.25, -0.2) is 27.8 Å². The van der Waals surface area contributed by atoms with Gasteiger partial charge in [0.1, 0.15) is 39.5 Å². The second kappa shape index (κ2) is 7.18. The van der Waals surface area contributed by atoms with Crippen molar-refractivity contribution in [2.45, 2.75) is 48.6 Å². The maximum atomic E-state index is 15.1. The Morgan fingerprint density at radius 2 is 2.00 bits per heavy atom. The van der Waals surface area contributed by atoms with Crippen molar-refractivity contribution in [3.63, 3.8) is 0 Å². The van der Waals surface area contributed by atoms with Crippen LogP contribution < -0.4 is 10.5 Å². The Morgan fingerprint density at radius 1 is 1.21 bits per heavy atom. The summed E-state index contributed by atoms with van der Waals surface area (Å²) in [6.45, 7) is 3.26. The van der Waals surface area contributed by atoms with Crippen molar-refractivity contribution in [2.75, 3.05) is 7.11 Å². The van der Waals surface area contributed by atoms with Crippen LogP contribution in [-0.2, 0) is 21.8 Å². The fourth-order valence-electron chi connectivity index (χ4n) is 5.03. The fraction of sp³-hybridized carbons (Fsp3) is 0.391. The SMILES string of the molecule is COc1cnc2c(Cc3ccc(F)c([C@@]4(C)N=C(N)[C@@]5(C)CC[C@@H]4S5(=O)=O)c3)ncnc2c1. The molecule has 0 unspecified atom stereocenters. The van der Waals surface area contributed by atoms with Crippen molar-refractivity contribution in [3.05, 3.63) is 59.4 Å². The van der Waals surface area contributed by atoms with E-state index in [1.54, 1.807) is 45.4 Å². The number of benzene rings is 1. The quantitative estimate of drug-likeness (QED) is 0.624. The standard InChI is InChI=1S/C23H24FN5O3S/c1-22-7-6-19(33(22,30)31)23(2,29-21(22)25)15-8-13(4-5-16(15)24)9-17-20-18(28-12-27-17)10-14(32-3)11-26-20/h4-5,8,10-12,19H,6-7,9H2,1-3H3,(H2,25,29)/t19-,22+,23+/m0/s1. The Hall–Kier alpha value is -3.14. The average molecular weight is 470 g/mol. The number of methoxy groups -OCH3 is 1. The van der Waals surface area contributed by atoms with Crippen LogP contribution in [0.1, 0.15) is 43.5 Å². The zero-order chi connectivity index (χ0) is 23.6. The van der Waals surface area contributed by atoms with Gasteiger partial charge in [-0.3, -0.25) is 4.99 Å². The van der Waals surface area contributed by atoms with Crippen LogP contribution in [0.15, 0.2) is 41.8 Å². The zero-order valence-electron chi connectivity index (χ0n) is 18.5. The van der Waals surface area contributed by atoms with E-state index >= 15 is 4.39 Å². The number of aromatic nitrogens is 3. The van der Waals surface area contributed by atoms with E-state index in [2.05, 4.69) is 19.9 Å². The molecule has 5 rings (SSSR count). The minimum Gasteiger partial charge on any atom is -0.495 e. The molecule has 33 heavy (non-hydrogen) atoms. The van der Waals surface area contributed by atoms with Gasteiger partial charge in [0.15, 0.2) is 9.84 Å². The zero-order valence-corrected chi connectivity index (χ0v) is 19.4. The smallest absolute Gasteiger partial charge is 0.168 e. The van der Waals surface area contributed by atoms with Crippen molar-refractivity contribution in [1.82, 2.24) is 15.0 Å². The fourth-order valence-corrected chi connectivity index (χ4v) is 7.61. The van der Waals surface area contributed by atoms with Crippen LogP contribution in [0, 0.1) is 5.82 Å². The summed E-state index contributed by atoms with van der Waals surface area (Å²) in [5.74, 6) is 0.115. The number of sulfone groups is 1. The van der Waals surface area contributed by atoms with E-state index in [1.165, 1.54) is 12.4 Å². The Kier molecular flexibility index (Phi) is 4.72. The molecule has 172 valence electrons. The van der Waals surface area contributed by atoms with E-state index in [-0.39, 0.29) is 11.4 Å². The van der Waals surface area contributed by atoms with E-state index in [0.717, 1.165) is 5.56 Å². The van der Waals surface area contributed by atoms with E-state index in [9.17, 15) is 8.42 Å². The summed E-state index contributed by atoms with van der Waals surface area (Å²) >= 11 is 0. The molecule has 4 heterocycles. The van der Waals surface area contributed by atoms with Crippen LogP contribution in [0.3, 0.4) is 0 Å². The van der Waals surface area contributed by atoms with Gasteiger partial charge in [0, 0.05) is 18.1 Å². The Labute approximate surface area is 191 Å².